The molecule has 10 heavy (non-hydrogen) atoms. The van der Waals surface area contributed by atoms with Crippen LogP contribution < -0.4 is 5.73 Å². The van der Waals surface area contributed by atoms with Crippen molar-refractivity contribution in [2.24, 2.45) is 5.73 Å². The molecule has 1 fully saturated rings. The Balaban J connectivity index is 2.49. The number of rotatable bonds is 0. The second-order valence-corrected chi connectivity index (χ2v) is 2.37. The Bertz CT molecular complexity index is 143. The van der Waals surface area contributed by atoms with Crippen molar-refractivity contribution in [3.63, 3.8) is 0 Å². The molecule has 0 bridgehead atoms. The summed E-state index contributed by atoms with van der Waals surface area (Å²) in [4.78, 5) is 11.2. The van der Waals surface area contributed by atoms with Crippen LogP contribution >= 0.6 is 0 Å². The van der Waals surface area contributed by atoms with Gasteiger partial charge in [-0.25, -0.2) is 9.18 Å². The van der Waals surface area contributed by atoms with E-state index >= 15 is 0 Å². The van der Waals surface area contributed by atoms with Crippen molar-refractivity contribution in [2.75, 3.05) is 13.1 Å². The van der Waals surface area contributed by atoms with Crippen molar-refractivity contribution < 1.29 is 14.3 Å². The zero-order chi connectivity index (χ0) is 7.72. The van der Waals surface area contributed by atoms with E-state index in [1.54, 1.807) is 0 Å². The molecule has 0 radical (unpaired) electrons. The molecule has 0 aromatic heterocycles. The van der Waals surface area contributed by atoms with Gasteiger partial charge in [0.25, 0.3) is 0 Å². The third-order valence-electron chi connectivity index (χ3n) is 1.56. The van der Waals surface area contributed by atoms with Crippen LogP contribution in [0, 0.1) is 0 Å². The Kier molecular flexibility index (Phi) is 1.76. The molecule has 0 saturated carbocycles. The van der Waals surface area contributed by atoms with Crippen molar-refractivity contribution in [3.05, 3.63) is 0 Å². The van der Waals surface area contributed by atoms with E-state index in [0.29, 0.717) is 0 Å². The molecule has 0 unspecified atom stereocenters. The molecule has 0 aromatic rings. The van der Waals surface area contributed by atoms with Crippen LogP contribution in [0.3, 0.4) is 0 Å². The predicted octanol–water partition coefficient (Wildman–Crippen LogP) is -0.355. The van der Waals surface area contributed by atoms with E-state index in [0.717, 1.165) is 4.90 Å². The summed E-state index contributed by atoms with van der Waals surface area (Å²) in [6.07, 6.45) is -2.30. The van der Waals surface area contributed by atoms with Crippen molar-refractivity contribution in [1.29, 1.82) is 0 Å². The van der Waals surface area contributed by atoms with Gasteiger partial charge in [0.2, 0.25) is 0 Å². The Morgan fingerprint density at radius 1 is 1.70 bits per heavy atom. The van der Waals surface area contributed by atoms with Gasteiger partial charge in [-0.2, -0.15) is 0 Å². The van der Waals surface area contributed by atoms with Crippen LogP contribution in [0.2, 0.25) is 0 Å². The summed E-state index contributed by atoms with van der Waals surface area (Å²) in [5.74, 6) is 0. The molecule has 1 aliphatic heterocycles. The van der Waals surface area contributed by atoms with Gasteiger partial charge < -0.3 is 15.7 Å². The van der Waals surface area contributed by atoms with Crippen molar-refractivity contribution in [3.8, 4) is 0 Å². The topological polar surface area (TPSA) is 66.6 Å². The molecule has 5 heteroatoms. The fourth-order valence-corrected chi connectivity index (χ4v) is 0.946. The number of amides is 1. The number of likely N-dealkylation sites (tertiary alicyclic amines) is 1. The predicted molar refractivity (Wildman–Crippen MR) is 32.5 cm³/mol. The Labute approximate surface area is 57.4 Å². The molecule has 1 saturated heterocycles. The summed E-state index contributed by atoms with van der Waals surface area (Å²) in [6, 6.07) is -0.643. The minimum Gasteiger partial charge on any atom is -0.465 e. The van der Waals surface area contributed by atoms with Crippen LogP contribution in [-0.4, -0.2) is 41.4 Å². The minimum atomic E-state index is -1.20. The molecule has 0 spiro atoms. The monoisotopic (exact) mass is 148 g/mol. The standard InChI is InChI=1S/C5H9FN2O2/c6-3-1-8(5(9)10)2-4(3)7/h3-4H,1-2,7H2,(H,9,10)/t3-,4+/m0/s1. The molecule has 2 atom stereocenters. The van der Waals surface area contributed by atoms with Gasteiger partial charge in [0, 0.05) is 6.54 Å². The third kappa shape index (κ3) is 1.18. The second-order valence-electron chi connectivity index (χ2n) is 2.37. The normalized spacial score (nSPS) is 32.8. The second kappa shape index (κ2) is 2.42. The first-order valence-corrected chi connectivity index (χ1v) is 2.99. The number of carbonyl (C=O) groups is 1. The summed E-state index contributed by atoms with van der Waals surface area (Å²) in [5, 5.41) is 8.35. The molecule has 1 amide bonds. The maximum Gasteiger partial charge on any atom is 0.407 e. The zero-order valence-electron chi connectivity index (χ0n) is 5.33. The van der Waals surface area contributed by atoms with E-state index in [4.69, 9.17) is 10.8 Å². The van der Waals surface area contributed by atoms with Crippen LogP contribution in [0.5, 0.6) is 0 Å². The molecular weight excluding hydrogens is 139 g/mol. The molecule has 58 valence electrons. The lowest BCUT2D eigenvalue weighted by molar-refractivity contribution is 0.152. The largest absolute Gasteiger partial charge is 0.465 e. The SMILES string of the molecule is N[C@@H]1CN(C(=O)O)C[C@@H]1F. The van der Waals surface area contributed by atoms with Gasteiger partial charge in [0.15, 0.2) is 0 Å². The number of carboxylic acid groups (broad SMARTS) is 1. The fraction of sp³-hybridized carbons (Fsp3) is 0.800. The molecule has 3 N–H and O–H groups in total. The average molecular weight is 148 g/mol. The highest BCUT2D eigenvalue weighted by Gasteiger charge is 2.32. The zero-order valence-corrected chi connectivity index (χ0v) is 5.33. The first-order chi connectivity index (χ1) is 4.61. The van der Waals surface area contributed by atoms with Gasteiger partial charge in [-0.3, -0.25) is 0 Å². The minimum absolute atomic E-state index is 0.0868. The van der Waals surface area contributed by atoms with E-state index in [-0.39, 0.29) is 13.1 Å². The highest BCUT2D eigenvalue weighted by Crippen LogP contribution is 2.10. The molecule has 4 nitrogen and oxygen atoms in total. The van der Waals surface area contributed by atoms with Crippen LogP contribution in [-0.2, 0) is 0 Å². The highest BCUT2D eigenvalue weighted by atomic mass is 19.1. The number of halogens is 1. The number of hydrogen-bond acceptors (Lipinski definition) is 2. The lowest BCUT2D eigenvalue weighted by Gasteiger charge is -2.08. The van der Waals surface area contributed by atoms with Gasteiger partial charge in [0.05, 0.1) is 12.6 Å². The number of nitrogens with two attached hydrogens (primary N) is 1. The first-order valence-electron chi connectivity index (χ1n) is 2.99. The van der Waals surface area contributed by atoms with Crippen molar-refractivity contribution >= 4 is 6.09 Å². The lowest BCUT2D eigenvalue weighted by Crippen LogP contribution is -2.31. The Morgan fingerprint density at radius 2 is 2.30 bits per heavy atom. The first kappa shape index (κ1) is 7.27. The van der Waals surface area contributed by atoms with Crippen LogP contribution in [0.1, 0.15) is 0 Å². The molecular formula is C5H9FN2O2. The maximum absolute atomic E-state index is 12.5. The summed E-state index contributed by atoms with van der Waals surface area (Å²) < 4.78 is 12.5. The van der Waals surface area contributed by atoms with Gasteiger partial charge in [-0.05, 0) is 0 Å². The quantitative estimate of drug-likeness (QED) is 0.493. The van der Waals surface area contributed by atoms with Crippen LogP contribution in [0.25, 0.3) is 0 Å². The number of hydrogen-bond donors (Lipinski definition) is 2. The fourth-order valence-electron chi connectivity index (χ4n) is 0.946. The molecule has 0 aromatic carbocycles. The average Bonchev–Trinajstić information content (AvgIpc) is 2.13. The van der Waals surface area contributed by atoms with Gasteiger partial charge >= 0.3 is 6.09 Å². The lowest BCUT2D eigenvalue weighted by atomic mass is 10.3. The van der Waals surface area contributed by atoms with E-state index in [2.05, 4.69) is 0 Å². The van der Waals surface area contributed by atoms with Crippen LogP contribution in [0.4, 0.5) is 9.18 Å². The number of nitrogens with zero attached hydrogens (tertiary/aromatic N) is 1. The molecule has 0 aliphatic carbocycles. The van der Waals surface area contributed by atoms with Crippen molar-refractivity contribution in [2.45, 2.75) is 12.2 Å². The molecule has 1 aliphatic rings. The summed E-state index contributed by atoms with van der Waals surface area (Å²) in [7, 11) is 0. The number of alkyl halides is 1. The summed E-state index contributed by atoms with van der Waals surface area (Å²) >= 11 is 0. The highest BCUT2D eigenvalue weighted by molar-refractivity contribution is 5.65. The summed E-state index contributed by atoms with van der Waals surface area (Å²) in [5.41, 5.74) is 5.23. The van der Waals surface area contributed by atoms with Gasteiger partial charge in [-0.1, -0.05) is 0 Å². The maximum atomic E-state index is 12.5. The Morgan fingerprint density at radius 3 is 2.50 bits per heavy atom. The smallest absolute Gasteiger partial charge is 0.407 e. The van der Waals surface area contributed by atoms with Crippen molar-refractivity contribution in [1.82, 2.24) is 4.90 Å². The Hall–Kier alpha value is -0.840. The van der Waals surface area contributed by atoms with E-state index in [9.17, 15) is 9.18 Å². The van der Waals surface area contributed by atoms with E-state index in [1.165, 1.54) is 0 Å². The van der Waals surface area contributed by atoms with Crippen LogP contribution in [0.15, 0.2) is 0 Å². The molecule has 1 heterocycles. The third-order valence-corrected chi connectivity index (χ3v) is 1.56. The van der Waals surface area contributed by atoms with E-state index < -0.39 is 18.3 Å². The molecule has 1 rings (SSSR count). The van der Waals surface area contributed by atoms with Gasteiger partial charge in [0.1, 0.15) is 6.17 Å². The van der Waals surface area contributed by atoms with Gasteiger partial charge in [-0.15, -0.1) is 0 Å². The van der Waals surface area contributed by atoms with E-state index in [1.807, 2.05) is 0 Å². The summed E-state index contributed by atoms with van der Waals surface area (Å²) in [6.45, 7) is 0.0208.